The molecule has 0 radical (unpaired) electrons. The fourth-order valence-corrected chi connectivity index (χ4v) is 0.595. The lowest BCUT2D eigenvalue weighted by Crippen LogP contribution is -2.44. The molecule has 7 nitrogen and oxygen atoms in total. The highest BCUT2D eigenvalue weighted by molar-refractivity contribution is 6.35. The normalized spacial score (nSPS) is 9.00. The number of likely N-dealkylation sites (N-methyl/N-ethyl adjacent to an activating group) is 1. The van der Waals surface area contributed by atoms with Gasteiger partial charge < -0.3 is 21.7 Å². The molecule has 0 aromatic carbocycles. The minimum atomic E-state index is -0.845. The standard InChI is InChI=1S/C7H14N4O3/c1-9-5(12)4-11-7(14)6(13)10-3-2-8/h2-4,8H2,1H3,(H,9,12)(H,10,13)(H,11,14). The van der Waals surface area contributed by atoms with Crippen LogP contribution in [-0.2, 0) is 14.4 Å². The monoisotopic (exact) mass is 202 g/mol. The first kappa shape index (κ1) is 12.4. The molecule has 0 saturated heterocycles. The summed E-state index contributed by atoms with van der Waals surface area (Å²) in [6.45, 7) is 0.270. The van der Waals surface area contributed by atoms with Crippen LogP contribution in [0.1, 0.15) is 0 Å². The van der Waals surface area contributed by atoms with Crippen molar-refractivity contribution in [2.24, 2.45) is 5.73 Å². The summed E-state index contributed by atoms with van der Waals surface area (Å²) in [4.78, 5) is 32.5. The molecule has 0 aromatic rings. The summed E-state index contributed by atoms with van der Waals surface area (Å²) in [6, 6.07) is 0. The first-order chi connectivity index (χ1) is 6.61. The first-order valence-corrected chi connectivity index (χ1v) is 4.08. The zero-order chi connectivity index (χ0) is 11.0. The highest BCUT2D eigenvalue weighted by atomic mass is 16.2. The number of amides is 3. The summed E-state index contributed by atoms with van der Waals surface area (Å²) in [6.07, 6.45) is 0. The van der Waals surface area contributed by atoms with E-state index in [4.69, 9.17) is 5.73 Å². The van der Waals surface area contributed by atoms with Crippen molar-refractivity contribution in [1.82, 2.24) is 16.0 Å². The lowest BCUT2D eigenvalue weighted by Gasteiger charge is -2.04. The van der Waals surface area contributed by atoms with E-state index in [-0.39, 0.29) is 25.5 Å². The second kappa shape index (κ2) is 6.84. The molecule has 0 unspecified atom stereocenters. The summed E-state index contributed by atoms with van der Waals surface area (Å²) < 4.78 is 0. The van der Waals surface area contributed by atoms with Crippen LogP contribution in [0.25, 0.3) is 0 Å². The molecule has 7 heteroatoms. The van der Waals surface area contributed by atoms with Crippen LogP contribution in [0, 0.1) is 0 Å². The van der Waals surface area contributed by atoms with Gasteiger partial charge in [0.25, 0.3) is 0 Å². The van der Waals surface area contributed by atoms with Gasteiger partial charge in [0.15, 0.2) is 0 Å². The van der Waals surface area contributed by atoms with Crippen molar-refractivity contribution in [3.63, 3.8) is 0 Å². The van der Waals surface area contributed by atoms with Crippen LogP contribution in [0.5, 0.6) is 0 Å². The van der Waals surface area contributed by atoms with Crippen molar-refractivity contribution in [3.8, 4) is 0 Å². The zero-order valence-corrected chi connectivity index (χ0v) is 7.92. The van der Waals surface area contributed by atoms with Gasteiger partial charge in [0.2, 0.25) is 5.91 Å². The highest BCUT2D eigenvalue weighted by Gasteiger charge is 2.12. The first-order valence-electron chi connectivity index (χ1n) is 4.08. The van der Waals surface area contributed by atoms with Crippen molar-refractivity contribution >= 4 is 17.7 Å². The van der Waals surface area contributed by atoms with Gasteiger partial charge in [0, 0.05) is 20.1 Å². The SMILES string of the molecule is CNC(=O)CNC(=O)C(=O)NCCN. The molecule has 3 amide bonds. The molecule has 0 fully saturated rings. The minimum absolute atomic E-state index is 0.217. The molecule has 0 spiro atoms. The lowest BCUT2D eigenvalue weighted by molar-refractivity contribution is -0.139. The van der Waals surface area contributed by atoms with E-state index in [2.05, 4.69) is 16.0 Å². The Morgan fingerprint density at radius 1 is 1.14 bits per heavy atom. The largest absolute Gasteiger partial charge is 0.358 e. The van der Waals surface area contributed by atoms with Crippen molar-refractivity contribution in [3.05, 3.63) is 0 Å². The fourth-order valence-electron chi connectivity index (χ4n) is 0.595. The highest BCUT2D eigenvalue weighted by Crippen LogP contribution is 1.68. The third-order valence-corrected chi connectivity index (χ3v) is 1.32. The Hall–Kier alpha value is -1.63. The van der Waals surface area contributed by atoms with E-state index in [1.165, 1.54) is 7.05 Å². The van der Waals surface area contributed by atoms with Crippen LogP contribution in [0.4, 0.5) is 0 Å². The van der Waals surface area contributed by atoms with Crippen molar-refractivity contribution < 1.29 is 14.4 Å². The van der Waals surface area contributed by atoms with Crippen LogP contribution < -0.4 is 21.7 Å². The van der Waals surface area contributed by atoms with Gasteiger partial charge in [0.05, 0.1) is 6.54 Å². The Labute approximate surface area is 81.4 Å². The maximum Gasteiger partial charge on any atom is 0.309 e. The average Bonchev–Trinajstić information content (AvgIpc) is 2.21. The van der Waals surface area contributed by atoms with Crippen LogP contribution in [0.3, 0.4) is 0 Å². The zero-order valence-electron chi connectivity index (χ0n) is 7.92. The molecule has 0 atom stereocenters. The molecule has 14 heavy (non-hydrogen) atoms. The van der Waals surface area contributed by atoms with Crippen LogP contribution >= 0.6 is 0 Å². The van der Waals surface area contributed by atoms with Gasteiger partial charge in [-0.25, -0.2) is 0 Å². The summed E-state index contributed by atoms with van der Waals surface area (Å²) in [5, 5.41) is 6.70. The Balaban J connectivity index is 3.73. The molecule has 5 N–H and O–H groups in total. The molecule has 0 aliphatic carbocycles. The maximum absolute atomic E-state index is 10.9. The summed E-state index contributed by atoms with van der Waals surface area (Å²) in [5.74, 6) is -2.01. The van der Waals surface area contributed by atoms with Crippen molar-refractivity contribution in [2.45, 2.75) is 0 Å². The molecule has 0 rings (SSSR count). The van der Waals surface area contributed by atoms with Crippen molar-refractivity contribution in [1.29, 1.82) is 0 Å². The van der Waals surface area contributed by atoms with E-state index in [1.807, 2.05) is 0 Å². The van der Waals surface area contributed by atoms with Gasteiger partial charge >= 0.3 is 11.8 Å². The van der Waals surface area contributed by atoms with E-state index in [1.54, 1.807) is 0 Å². The molecular weight excluding hydrogens is 188 g/mol. The van der Waals surface area contributed by atoms with Crippen LogP contribution in [-0.4, -0.2) is 44.4 Å². The number of hydrogen-bond acceptors (Lipinski definition) is 4. The molecular formula is C7H14N4O3. The van der Waals surface area contributed by atoms with E-state index in [0.29, 0.717) is 0 Å². The summed E-state index contributed by atoms with van der Waals surface area (Å²) >= 11 is 0. The lowest BCUT2D eigenvalue weighted by atomic mass is 10.5. The molecule has 0 aromatic heterocycles. The van der Waals surface area contributed by atoms with Crippen LogP contribution in [0.2, 0.25) is 0 Å². The third-order valence-electron chi connectivity index (χ3n) is 1.32. The van der Waals surface area contributed by atoms with E-state index in [0.717, 1.165) is 0 Å². The fraction of sp³-hybridized carbons (Fsp3) is 0.571. The number of hydrogen-bond donors (Lipinski definition) is 4. The predicted molar refractivity (Wildman–Crippen MR) is 49.1 cm³/mol. The van der Waals surface area contributed by atoms with Gasteiger partial charge in [-0.15, -0.1) is 0 Å². The smallest absolute Gasteiger partial charge is 0.309 e. The average molecular weight is 202 g/mol. The molecule has 0 saturated carbocycles. The minimum Gasteiger partial charge on any atom is -0.358 e. The Bertz CT molecular complexity index is 229. The quantitative estimate of drug-likeness (QED) is 0.362. The Morgan fingerprint density at radius 2 is 1.71 bits per heavy atom. The molecule has 0 aliphatic heterocycles. The third kappa shape index (κ3) is 5.09. The molecule has 0 bridgehead atoms. The van der Waals surface area contributed by atoms with Gasteiger partial charge in [0.1, 0.15) is 0 Å². The van der Waals surface area contributed by atoms with Gasteiger partial charge in [-0.1, -0.05) is 0 Å². The molecule has 0 aliphatic rings. The maximum atomic E-state index is 10.9. The van der Waals surface area contributed by atoms with Gasteiger partial charge in [-0.2, -0.15) is 0 Å². The molecule has 80 valence electrons. The summed E-state index contributed by atoms with van der Waals surface area (Å²) in [5.41, 5.74) is 5.11. The topological polar surface area (TPSA) is 113 Å². The second-order valence-corrected chi connectivity index (χ2v) is 2.40. The van der Waals surface area contributed by atoms with Gasteiger partial charge in [-0.3, -0.25) is 14.4 Å². The van der Waals surface area contributed by atoms with E-state index >= 15 is 0 Å². The van der Waals surface area contributed by atoms with E-state index < -0.39 is 11.8 Å². The van der Waals surface area contributed by atoms with Gasteiger partial charge in [-0.05, 0) is 0 Å². The number of rotatable bonds is 4. The van der Waals surface area contributed by atoms with Crippen LogP contribution in [0.15, 0.2) is 0 Å². The summed E-state index contributed by atoms with van der Waals surface area (Å²) in [7, 11) is 1.43. The van der Waals surface area contributed by atoms with E-state index in [9.17, 15) is 14.4 Å². The van der Waals surface area contributed by atoms with Crippen molar-refractivity contribution in [2.75, 3.05) is 26.7 Å². The molecule has 0 heterocycles. The number of carbonyl (C=O) groups excluding carboxylic acids is 3. The number of nitrogens with two attached hydrogens (primary N) is 1. The number of carbonyl (C=O) groups is 3. The second-order valence-electron chi connectivity index (χ2n) is 2.40. The number of nitrogens with one attached hydrogen (secondary N) is 3. The Kier molecular flexibility index (Phi) is 6.04. The predicted octanol–water partition coefficient (Wildman–Crippen LogP) is -3.08. The Morgan fingerprint density at radius 3 is 2.21 bits per heavy atom.